The van der Waals surface area contributed by atoms with Crippen molar-refractivity contribution in [2.24, 2.45) is 7.05 Å². The third kappa shape index (κ3) is 2.97. The third-order valence-corrected chi connectivity index (χ3v) is 7.24. The van der Waals surface area contributed by atoms with Crippen molar-refractivity contribution in [3.05, 3.63) is 54.0 Å². The molecule has 2 saturated heterocycles. The predicted molar refractivity (Wildman–Crippen MR) is 119 cm³/mol. The Bertz CT molecular complexity index is 1200. The molecule has 6 rings (SSSR count). The predicted octanol–water partition coefficient (Wildman–Crippen LogP) is 3.27. The van der Waals surface area contributed by atoms with E-state index in [1.807, 2.05) is 13.2 Å². The van der Waals surface area contributed by atoms with Crippen LogP contribution >= 0.6 is 0 Å². The molecule has 0 spiro atoms. The van der Waals surface area contributed by atoms with Gasteiger partial charge < -0.3 is 9.80 Å². The summed E-state index contributed by atoms with van der Waals surface area (Å²) in [5, 5.41) is 13.9. The molecule has 0 unspecified atom stereocenters. The van der Waals surface area contributed by atoms with Gasteiger partial charge in [0.1, 0.15) is 11.6 Å². The van der Waals surface area contributed by atoms with Gasteiger partial charge in [0.25, 0.3) is 0 Å². The molecule has 7 heteroatoms. The second kappa shape index (κ2) is 6.55. The Kier molecular flexibility index (Phi) is 3.88. The van der Waals surface area contributed by atoms with Gasteiger partial charge in [0.2, 0.25) is 0 Å². The molecule has 1 aliphatic carbocycles. The summed E-state index contributed by atoms with van der Waals surface area (Å²) < 4.78 is 1.74. The largest absolute Gasteiger partial charge is 0.365 e. The van der Waals surface area contributed by atoms with Gasteiger partial charge in [0.15, 0.2) is 11.6 Å². The van der Waals surface area contributed by atoms with Gasteiger partial charge >= 0.3 is 0 Å². The van der Waals surface area contributed by atoms with Crippen molar-refractivity contribution in [3.8, 4) is 17.5 Å². The first-order valence-corrected chi connectivity index (χ1v) is 10.9. The first-order valence-electron chi connectivity index (χ1n) is 10.9. The van der Waals surface area contributed by atoms with Crippen LogP contribution in [-0.2, 0) is 12.5 Å². The highest BCUT2D eigenvalue weighted by molar-refractivity contribution is 5.64. The maximum atomic E-state index is 9.67. The average Bonchev–Trinajstić information content (AvgIpc) is 3.15. The molecular weight excluding hydrogens is 386 g/mol. The van der Waals surface area contributed by atoms with Gasteiger partial charge in [-0.05, 0) is 42.4 Å². The normalized spacial score (nSPS) is 23.3. The summed E-state index contributed by atoms with van der Waals surface area (Å²) in [6.45, 7) is 4.20. The second-order valence-corrected chi connectivity index (χ2v) is 9.40. The molecule has 7 nitrogen and oxygen atoms in total. The van der Waals surface area contributed by atoms with Gasteiger partial charge in [-0.25, -0.2) is 9.97 Å². The lowest BCUT2D eigenvalue weighted by Crippen LogP contribution is -2.47. The van der Waals surface area contributed by atoms with Gasteiger partial charge in [0, 0.05) is 38.1 Å². The van der Waals surface area contributed by atoms with Crippen molar-refractivity contribution in [2.75, 3.05) is 22.9 Å². The Balaban J connectivity index is 1.27. The van der Waals surface area contributed by atoms with Crippen LogP contribution in [0.2, 0.25) is 0 Å². The first kappa shape index (κ1) is 18.4. The lowest BCUT2D eigenvalue weighted by atomic mass is 9.97. The SMILES string of the molecule is Cn1cc(-c2ncc(C#N)c(N3C[C@H]4C[C@H]3CN4c3cccc(C4(C)CC4)c3)n2)cn1. The second-order valence-electron chi connectivity index (χ2n) is 9.40. The third-order valence-electron chi connectivity index (χ3n) is 7.24. The Morgan fingerprint density at radius 3 is 2.61 bits per heavy atom. The van der Waals surface area contributed by atoms with E-state index in [-0.39, 0.29) is 0 Å². The topological polar surface area (TPSA) is 73.9 Å². The number of nitriles is 1. The number of anilines is 2. The number of hydrogen-bond donors (Lipinski definition) is 0. The fourth-order valence-electron chi connectivity index (χ4n) is 5.13. The molecule has 2 aliphatic heterocycles. The van der Waals surface area contributed by atoms with Gasteiger partial charge in [-0.1, -0.05) is 19.1 Å². The molecule has 3 fully saturated rings. The summed E-state index contributed by atoms with van der Waals surface area (Å²) in [5.41, 5.74) is 4.58. The van der Waals surface area contributed by atoms with Crippen LogP contribution in [0.25, 0.3) is 11.4 Å². The molecule has 2 bridgehead atoms. The standard InChI is InChI=1S/C24H25N7/c1-24(6-7-24)18-4-3-5-19(8-18)30-14-21-9-20(30)15-31(21)23-16(10-25)11-26-22(28-23)17-12-27-29(2)13-17/h3-5,8,11-13,20-21H,6-7,9,14-15H2,1-2H3/t20-,21+/m1/s1. The molecule has 0 radical (unpaired) electrons. The van der Waals surface area contributed by atoms with E-state index in [1.54, 1.807) is 17.1 Å². The minimum absolute atomic E-state index is 0.355. The number of benzene rings is 1. The van der Waals surface area contributed by atoms with E-state index in [0.29, 0.717) is 28.9 Å². The summed E-state index contributed by atoms with van der Waals surface area (Å²) in [5.74, 6) is 1.37. The summed E-state index contributed by atoms with van der Waals surface area (Å²) in [4.78, 5) is 14.1. The Morgan fingerprint density at radius 2 is 1.94 bits per heavy atom. The van der Waals surface area contributed by atoms with Crippen LogP contribution in [0.3, 0.4) is 0 Å². The van der Waals surface area contributed by atoms with E-state index in [4.69, 9.17) is 4.98 Å². The molecule has 1 aromatic carbocycles. The highest BCUT2D eigenvalue weighted by Crippen LogP contribution is 2.48. The molecule has 31 heavy (non-hydrogen) atoms. The highest BCUT2D eigenvalue weighted by Gasteiger charge is 2.45. The van der Waals surface area contributed by atoms with E-state index in [0.717, 1.165) is 30.9 Å². The average molecular weight is 412 g/mol. The molecule has 4 heterocycles. The van der Waals surface area contributed by atoms with E-state index in [9.17, 15) is 5.26 Å². The number of nitrogens with zero attached hydrogens (tertiary/aromatic N) is 7. The van der Waals surface area contributed by atoms with Crippen LogP contribution in [0.5, 0.6) is 0 Å². The Labute approximate surface area is 182 Å². The molecule has 0 N–H and O–H groups in total. The lowest BCUT2D eigenvalue weighted by molar-refractivity contribution is 0.639. The molecule has 2 aromatic heterocycles. The summed E-state index contributed by atoms with van der Waals surface area (Å²) in [7, 11) is 1.88. The fourth-order valence-corrected chi connectivity index (χ4v) is 5.13. The molecule has 2 atom stereocenters. The Hall–Kier alpha value is -3.40. The van der Waals surface area contributed by atoms with E-state index in [2.05, 4.69) is 57.1 Å². The number of fused-ring (bicyclic) bond motifs is 2. The quantitative estimate of drug-likeness (QED) is 0.656. The maximum Gasteiger partial charge on any atom is 0.164 e. The number of rotatable bonds is 4. The van der Waals surface area contributed by atoms with Crippen LogP contribution in [0.4, 0.5) is 11.5 Å². The molecule has 1 saturated carbocycles. The van der Waals surface area contributed by atoms with Crippen molar-refractivity contribution >= 4 is 11.5 Å². The van der Waals surface area contributed by atoms with Crippen LogP contribution in [0.1, 0.15) is 37.3 Å². The highest BCUT2D eigenvalue weighted by atomic mass is 15.4. The van der Waals surface area contributed by atoms with Crippen LogP contribution in [-0.4, -0.2) is 44.9 Å². The monoisotopic (exact) mass is 411 g/mol. The smallest absolute Gasteiger partial charge is 0.164 e. The number of aryl methyl sites for hydroxylation is 1. The maximum absolute atomic E-state index is 9.67. The van der Waals surface area contributed by atoms with Crippen LogP contribution in [0.15, 0.2) is 42.9 Å². The lowest BCUT2D eigenvalue weighted by Gasteiger charge is -2.36. The van der Waals surface area contributed by atoms with Crippen molar-refractivity contribution in [3.63, 3.8) is 0 Å². The zero-order valence-corrected chi connectivity index (χ0v) is 17.9. The van der Waals surface area contributed by atoms with Crippen molar-refractivity contribution in [1.82, 2.24) is 19.7 Å². The van der Waals surface area contributed by atoms with Gasteiger partial charge in [-0.2, -0.15) is 10.4 Å². The minimum Gasteiger partial charge on any atom is -0.365 e. The number of hydrogen-bond acceptors (Lipinski definition) is 6. The van der Waals surface area contributed by atoms with E-state index >= 15 is 0 Å². The summed E-state index contributed by atoms with van der Waals surface area (Å²) >= 11 is 0. The first-order chi connectivity index (χ1) is 15.0. The molecule has 0 amide bonds. The molecule has 3 aliphatic rings. The van der Waals surface area contributed by atoms with E-state index < -0.39 is 0 Å². The summed E-state index contributed by atoms with van der Waals surface area (Å²) in [6, 6.07) is 12.2. The van der Waals surface area contributed by atoms with Gasteiger partial charge in [-0.3, -0.25) is 4.68 Å². The fraction of sp³-hybridized carbons (Fsp3) is 0.417. The molecule has 3 aromatic rings. The number of aromatic nitrogens is 4. The summed E-state index contributed by atoms with van der Waals surface area (Å²) in [6.07, 6.45) is 8.99. The Morgan fingerprint density at radius 1 is 1.13 bits per heavy atom. The number of piperazine rings is 1. The van der Waals surface area contributed by atoms with Gasteiger partial charge in [-0.15, -0.1) is 0 Å². The van der Waals surface area contributed by atoms with Crippen LogP contribution < -0.4 is 9.80 Å². The van der Waals surface area contributed by atoms with E-state index in [1.165, 1.54) is 24.1 Å². The zero-order valence-electron chi connectivity index (χ0n) is 17.9. The van der Waals surface area contributed by atoms with Gasteiger partial charge in [0.05, 0.1) is 24.0 Å². The van der Waals surface area contributed by atoms with Crippen molar-refractivity contribution < 1.29 is 0 Å². The molecule has 156 valence electrons. The minimum atomic E-state index is 0.355. The zero-order chi connectivity index (χ0) is 21.2. The van der Waals surface area contributed by atoms with Crippen molar-refractivity contribution in [1.29, 1.82) is 5.26 Å². The van der Waals surface area contributed by atoms with Crippen LogP contribution in [0, 0.1) is 11.3 Å². The molecular formula is C24H25N7. The van der Waals surface area contributed by atoms with Crippen molar-refractivity contribution in [2.45, 2.75) is 43.7 Å².